The van der Waals surface area contributed by atoms with Crippen molar-refractivity contribution in [2.45, 2.75) is 27.2 Å². The van der Waals surface area contributed by atoms with Crippen LogP contribution in [-0.2, 0) is 9.53 Å². The van der Waals surface area contributed by atoms with Crippen LogP contribution in [0, 0.1) is 5.41 Å². The molecule has 0 rings (SSSR count). The molecule has 0 fully saturated rings. The van der Waals surface area contributed by atoms with Gasteiger partial charge in [-0.15, -0.1) is 0 Å². The second kappa shape index (κ2) is 4.16. The van der Waals surface area contributed by atoms with Gasteiger partial charge in [-0.3, -0.25) is 4.79 Å². The quantitative estimate of drug-likeness (QED) is 0.462. The van der Waals surface area contributed by atoms with E-state index in [4.69, 9.17) is 0 Å². The zero-order valence-electron chi connectivity index (χ0n) is 7.68. The van der Waals surface area contributed by atoms with E-state index < -0.39 is 5.41 Å². The molecule has 0 bridgehead atoms. The first-order chi connectivity index (χ1) is 5.04. The molecule has 0 saturated heterocycles. The van der Waals surface area contributed by atoms with Gasteiger partial charge in [0, 0.05) is 0 Å². The molecule has 2 heteroatoms. The highest BCUT2D eigenvalue weighted by Gasteiger charge is 2.24. The molecule has 2 nitrogen and oxygen atoms in total. The first-order valence-electron chi connectivity index (χ1n) is 3.80. The lowest BCUT2D eigenvalue weighted by atomic mass is 9.93. The SMILES string of the molecule is CC/C=C\C(C)(C)C(=O)OC. The molecule has 0 aliphatic carbocycles. The summed E-state index contributed by atoms with van der Waals surface area (Å²) in [6, 6.07) is 0. The second-order valence-corrected chi connectivity index (χ2v) is 3.02. The minimum Gasteiger partial charge on any atom is -0.468 e. The maximum Gasteiger partial charge on any atom is 0.315 e. The van der Waals surface area contributed by atoms with Crippen molar-refractivity contribution in [2.75, 3.05) is 7.11 Å². The van der Waals surface area contributed by atoms with Gasteiger partial charge in [0.05, 0.1) is 12.5 Å². The van der Waals surface area contributed by atoms with Crippen molar-refractivity contribution < 1.29 is 9.53 Å². The van der Waals surface area contributed by atoms with Crippen molar-refractivity contribution >= 4 is 5.97 Å². The topological polar surface area (TPSA) is 26.3 Å². The first kappa shape index (κ1) is 10.2. The maximum absolute atomic E-state index is 11.1. The van der Waals surface area contributed by atoms with E-state index in [1.807, 2.05) is 32.9 Å². The summed E-state index contributed by atoms with van der Waals surface area (Å²) in [5, 5.41) is 0. The normalized spacial score (nSPS) is 12.0. The van der Waals surface area contributed by atoms with E-state index in [9.17, 15) is 4.79 Å². The Labute approximate surface area is 68.2 Å². The highest BCUT2D eigenvalue weighted by atomic mass is 16.5. The number of hydrogen-bond donors (Lipinski definition) is 0. The number of hydrogen-bond acceptors (Lipinski definition) is 2. The molecule has 0 aromatic rings. The highest BCUT2D eigenvalue weighted by molar-refractivity contribution is 5.77. The van der Waals surface area contributed by atoms with Crippen LogP contribution >= 0.6 is 0 Å². The molecule has 64 valence electrons. The van der Waals surface area contributed by atoms with Gasteiger partial charge >= 0.3 is 5.97 Å². The summed E-state index contributed by atoms with van der Waals surface area (Å²) in [5.74, 6) is -0.192. The smallest absolute Gasteiger partial charge is 0.315 e. The molecule has 0 spiro atoms. The summed E-state index contributed by atoms with van der Waals surface area (Å²) < 4.78 is 4.62. The van der Waals surface area contributed by atoms with E-state index in [0.29, 0.717) is 0 Å². The number of esters is 1. The van der Waals surface area contributed by atoms with E-state index in [2.05, 4.69) is 4.74 Å². The number of carbonyl (C=O) groups excluding carboxylic acids is 1. The molecule has 11 heavy (non-hydrogen) atoms. The van der Waals surface area contributed by atoms with E-state index in [-0.39, 0.29) is 5.97 Å². The van der Waals surface area contributed by atoms with Crippen LogP contribution in [0.2, 0.25) is 0 Å². The van der Waals surface area contributed by atoms with Crippen molar-refractivity contribution in [2.24, 2.45) is 5.41 Å². The van der Waals surface area contributed by atoms with Crippen LogP contribution < -0.4 is 0 Å². The number of ether oxygens (including phenoxy) is 1. The van der Waals surface area contributed by atoms with Gasteiger partial charge in [0.2, 0.25) is 0 Å². The summed E-state index contributed by atoms with van der Waals surface area (Å²) in [7, 11) is 1.41. The van der Waals surface area contributed by atoms with Crippen molar-refractivity contribution in [1.82, 2.24) is 0 Å². The van der Waals surface area contributed by atoms with E-state index in [1.54, 1.807) is 0 Å². The average molecular weight is 156 g/mol. The monoisotopic (exact) mass is 156 g/mol. The minimum absolute atomic E-state index is 0.192. The van der Waals surface area contributed by atoms with Crippen LogP contribution in [0.15, 0.2) is 12.2 Å². The van der Waals surface area contributed by atoms with Gasteiger partial charge in [-0.2, -0.15) is 0 Å². The molecule has 0 radical (unpaired) electrons. The van der Waals surface area contributed by atoms with Crippen molar-refractivity contribution in [3.05, 3.63) is 12.2 Å². The maximum atomic E-state index is 11.1. The molecule has 0 aromatic carbocycles. The Morgan fingerprint density at radius 1 is 1.55 bits per heavy atom. The number of carbonyl (C=O) groups is 1. The largest absolute Gasteiger partial charge is 0.468 e. The average Bonchev–Trinajstić information content (AvgIpc) is 1.99. The van der Waals surface area contributed by atoms with Crippen molar-refractivity contribution in [3.63, 3.8) is 0 Å². The highest BCUT2D eigenvalue weighted by Crippen LogP contribution is 2.18. The summed E-state index contributed by atoms with van der Waals surface area (Å²) in [6.07, 6.45) is 4.79. The first-order valence-corrected chi connectivity index (χ1v) is 3.80. The summed E-state index contributed by atoms with van der Waals surface area (Å²) in [6.45, 7) is 5.71. The van der Waals surface area contributed by atoms with Crippen molar-refractivity contribution in [1.29, 1.82) is 0 Å². The third-order valence-electron chi connectivity index (χ3n) is 1.48. The predicted octanol–water partition coefficient (Wildman–Crippen LogP) is 2.15. The molecule has 0 atom stereocenters. The molecule has 0 aromatic heterocycles. The lowest BCUT2D eigenvalue weighted by molar-refractivity contribution is -0.148. The van der Waals surface area contributed by atoms with Crippen LogP contribution in [0.4, 0.5) is 0 Å². The van der Waals surface area contributed by atoms with Crippen LogP contribution in [-0.4, -0.2) is 13.1 Å². The van der Waals surface area contributed by atoms with Crippen molar-refractivity contribution in [3.8, 4) is 0 Å². The Morgan fingerprint density at radius 2 is 2.09 bits per heavy atom. The number of allylic oxidation sites excluding steroid dienone is 1. The molecule has 0 unspecified atom stereocenters. The Kier molecular flexibility index (Phi) is 3.86. The number of methoxy groups -OCH3 is 1. The zero-order chi connectivity index (χ0) is 8.91. The van der Waals surface area contributed by atoms with Gasteiger partial charge in [0.15, 0.2) is 0 Å². The van der Waals surface area contributed by atoms with Crippen LogP contribution in [0.5, 0.6) is 0 Å². The standard InChI is InChI=1S/C9H16O2/c1-5-6-7-9(2,3)8(10)11-4/h6-7H,5H2,1-4H3/b7-6-. The fraction of sp³-hybridized carbons (Fsp3) is 0.667. The molecule has 0 aliphatic rings. The Bertz CT molecular complexity index is 157. The lowest BCUT2D eigenvalue weighted by Crippen LogP contribution is -2.22. The summed E-state index contributed by atoms with van der Waals surface area (Å²) >= 11 is 0. The molecule has 0 aliphatic heterocycles. The van der Waals surface area contributed by atoms with Crippen LogP contribution in [0.25, 0.3) is 0 Å². The summed E-state index contributed by atoms with van der Waals surface area (Å²) in [5.41, 5.74) is -0.481. The third kappa shape index (κ3) is 3.21. The molecule has 0 heterocycles. The number of rotatable bonds is 3. The van der Waals surface area contributed by atoms with Gasteiger partial charge in [-0.25, -0.2) is 0 Å². The Morgan fingerprint density at radius 3 is 2.45 bits per heavy atom. The minimum atomic E-state index is -0.481. The third-order valence-corrected chi connectivity index (χ3v) is 1.48. The molecule has 0 saturated carbocycles. The van der Waals surface area contributed by atoms with Crippen LogP contribution in [0.3, 0.4) is 0 Å². The fourth-order valence-electron chi connectivity index (χ4n) is 0.744. The molecular formula is C9H16O2. The Balaban J connectivity index is 4.20. The van der Waals surface area contributed by atoms with Gasteiger partial charge in [0.25, 0.3) is 0 Å². The van der Waals surface area contributed by atoms with E-state index in [1.165, 1.54) is 7.11 Å². The lowest BCUT2D eigenvalue weighted by Gasteiger charge is -2.15. The Hall–Kier alpha value is -0.790. The van der Waals surface area contributed by atoms with Gasteiger partial charge in [-0.1, -0.05) is 19.1 Å². The molecule has 0 amide bonds. The second-order valence-electron chi connectivity index (χ2n) is 3.02. The predicted molar refractivity (Wildman–Crippen MR) is 45.2 cm³/mol. The van der Waals surface area contributed by atoms with Gasteiger partial charge < -0.3 is 4.74 Å². The summed E-state index contributed by atoms with van der Waals surface area (Å²) in [4.78, 5) is 11.1. The molecular weight excluding hydrogens is 140 g/mol. The van der Waals surface area contributed by atoms with E-state index in [0.717, 1.165) is 6.42 Å². The van der Waals surface area contributed by atoms with Crippen LogP contribution in [0.1, 0.15) is 27.2 Å². The van der Waals surface area contributed by atoms with Gasteiger partial charge in [-0.05, 0) is 20.3 Å². The van der Waals surface area contributed by atoms with E-state index >= 15 is 0 Å². The molecule has 0 N–H and O–H groups in total. The zero-order valence-corrected chi connectivity index (χ0v) is 7.68. The van der Waals surface area contributed by atoms with Gasteiger partial charge in [0.1, 0.15) is 0 Å². The fourth-order valence-corrected chi connectivity index (χ4v) is 0.744.